The Morgan fingerprint density at radius 3 is 2.70 bits per heavy atom. The number of fused-ring (bicyclic) bond motifs is 2. The van der Waals surface area contributed by atoms with E-state index in [-0.39, 0.29) is 17.1 Å². The van der Waals surface area contributed by atoms with Crippen LogP contribution in [0.5, 0.6) is 0 Å². The molecule has 4 heterocycles. The van der Waals surface area contributed by atoms with Gasteiger partial charge in [0.25, 0.3) is 0 Å². The van der Waals surface area contributed by atoms with Crippen LogP contribution in [-0.4, -0.2) is 58.8 Å². The molecule has 194 valence electrons. The van der Waals surface area contributed by atoms with Crippen molar-refractivity contribution in [1.29, 1.82) is 0 Å². The van der Waals surface area contributed by atoms with Gasteiger partial charge in [0.15, 0.2) is 5.82 Å². The van der Waals surface area contributed by atoms with Gasteiger partial charge in [-0.05, 0) is 94.1 Å². The van der Waals surface area contributed by atoms with E-state index in [0.29, 0.717) is 27.7 Å². The summed E-state index contributed by atoms with van der Waals surface area (Å²) in [6.45, 7) is 4.93. The molecule has 1 amide bonds. The predicted molar refractivity (Wildman–Crippen MR) is 144 cm³/mol. The first-order valence-corrected chi connectivity index (χ1v) is 13.1. The van der Waals surface area contributed by atoms with Crippen LogP contribution in [0.3, 0.4) is 0 Å². The fourth-order valence-electron chi connectivity index (χ4n) is 6.50. The number of nitrogens with one attached hydrogen (secondary N) is 1. The number of piperidine rings is 1. The summed E-state index contributed by atoms with van der Waals surface area (Å²) in [5.74, 6) is -0.160. The first kappa shape index (κ1) is 23.9. The van der Waals surface area contributed by atoms with Gasteiger partial charge in [-0.1, -0.05) is 0 Å². The summed E-state index contributed by atoms with van der Waals surface area (Å²) in [7, 11) is 2.13. The van der Waals surface area contributed by atoms with Gasteiger partial charge in [0.1, 0.15) is 5.82 Å². The maximum Gasteiger partial charge on any atom is 0.413 e. The van der Waals surface area contributed by atoms with Crippen molar-refractivity contribution in [3.05, 3.63) is 41.6 Å². The largest absolute Gasteiger partial charge is 0.465 e. The van der Waals surface area contributed by atoms with E-state index in [4.69, 9.17) is 5.73 Å². The van der Waals surface area contributed by atoms with Crippen molar-refractivity contribution in [3.8, 4) is 11.1 Å². The van der Waals surface area contributed by atoms with Gasteiger partial charge < -0.3 is 21.1 Å². The minimum Gasteiger partial charge on any atom is -0.465 e. The number of carbonyl (C=O) groups is 1. The summed E-state index contributed by atoms with van der Waals surface area (Å²) in [4.78, 5) is 25.1. The normalized spacial score (nSPS) is 19.3. The third-order valence-corrected chi connectivity index (χ3v) is 8.79. The van der Waals surface area contributed by atoms with E-state index < -0.39 is 11.9 Å². The van der Waals surface area contributed by atoms with Gasteiger partial charge in [0, 0.05) is 41.5 Å². The van der Waals surface area contributed by atoms with Crippen LogP contribution in [0.15, 0.2) is 24.5 Å². The van der Waals surface area contributed by atoms with Crippen LogP contribution in [0.1, 0.15) is 43.4 Å². The zero-order chi connectivity index (χ0) is 25.9. The molecule has 0 radical (unpaired) electrons. The number of hydrogen-bond donors (Lipinski definition) is 3. The third-order valence-electron chi connectivity index (χ3n) is 8.79. The number of amides is 1. The lowest BCUT2D eigenvalue weighted by Gasteiger charge is -2.54. The average molecular weight is 505 g/mol. The van der Waals surface area contributed by atoms with E-state index in [1.54, 1.807) is 18.3 Å². The van der Waals surface area contributed by atoms with Crippen LogP contribution < -0.4 is 16.0 Å². The lowest BCUT2D eigenvalue weighted by Crippen LogP contribution is -2.56. The Bertz CT molecular complexity index is 1390. The smallest absolute Gasteiger partial charge is 0.413 e. The van der Waals surface area contributed by atoms with Gasteiger partial charge in [-0.2, -0.15) is 0 Å². The highest BCUT2D eigenvalue weighted by molar-refractivity contribution is 5.99. The zero-order valence-electron chi connectivity index (χ0n) is 21.4. The van der Waals surface area contributed by atoms with Crippen molar-refractivity contribution >= 4 is 34.1 Å². The molecule has 6 rings (SSSR count). The predicted octanol–water partition coefficient (Wildman–Crippen LogP) is 5.04. The summed E-state index contributed by atoms with van der Waals surface area (Å²) >= 11 is 0. The molecule has 0 bridgehead atoms. The third kappa shape index (κ3) is 3.96. The van der Waals surface area contributed by atoms with E-state index in [0.717, 1.165) is 75.1 Å². The lowest BCUT2D eigenvalue weighted by atomic mass is 9.60. The fourth-order valence-corrected chi connectivity index (χ4v) is 6.50. The second-order valence-corrected chi connectivity index (χ2v) is 11.1. The molecule has 3 aromatic rings. The van der Waals surface area contributed by atoms with Gasteiger partial charge >= 0.3 is 6.09 Å². The molecular formula is C28H33FN6O2. The molecule has 1 spiro atoms. The van der Waals surface area contributed by atoms with Crippen LogP contribution in [-0.2, 0) is 6.42 Å². The maximum absolute atomic E-state index is 15.5. The summed E-state index contributed by atoms with van der Waals surface area (Å²) in [6.07, 6.45) is 7.99. The average Bonchev–Trinajstić information content (AvgIpc) is 2.87. The molecule has 37 heavy (non-hydrogen) atoms. The number of hydrogen-bond acceptors (Lipinski definition) is 6. The number of aryl methyl sites for hydroxylation is 1. The van der Waals surface area contributed by atoms with Crippen molar-refractivity contribution in [2.24, 2.45) is 5.41 Å². The Morgan fingerprint density at radius 1 is 1.22 bits per heavy atom. The molecule has 1 aromatic carbocycles. The lowest BCUT2D eigenvalue weighted by molar-refractivity contribution is 0.0237. The van der Waals surface area contributed by atoms with Crippen molar-refractivity contribution in [1.82, 2.24) is 14.9 Å². The number of carboxylic acid groups (broad SMARTS) is 1. The number of benzene rings is 1. The molecule has 2 aromatic heterocycles. The van der Waals surface area contributed by atoms with E-state index in [2.05, 4.69) is 27.2 Å². The Labute approximate surface area is 215 Å². The van der Waals surface area contributed by atoms with Crippen molar-refractivity contribution in [3.63, 3.8) is 0 Å². The second kappa shape index (κ2) is 8.83. The Balaban J connectivity index is 1.37. The molecule has 1 saturated carbocycles. The number of pyridine rings is 2. The Hall–Kier alpha value is -3.46. The minimum atomic E-state index is -1.02. The zero-order valence-corrected chi connectivity index (χ0v) is 21.4. The van der Waals surface area contributed by atoms with Gasteiger partial charge in [-0.15, -0.1) is 0 Å². The number of aromatic nitrogens is 2. The number of likely N-dealkylation sites (tertiary alicyclic amines) is 1. The van der Waals surface area contributed by atoms with Crippen molar-refractivity contribution < 1.29 is 14.3 Å². The van der Waals surface area contributed by atoms with Crippen LogP contribution in [0, 0.1) is 18.2 Å². The first-order valence-electron chi connectivity index (χ1n) is 13.1. The number of nitrogen functional groups attached to an aromatic ring is 1. The first-order chi connectivity index (χ1) is 17.8. The molecule has 3 aliphatic rings. The molecule has 4 N–H and O–H groups in total. The molecule has 9 heteroatoms. The molecular weight excluding hydrogens is 471 g/mol. The quantitative estimate of drug-likeness (QED) is 0.429. The van der Waals surface area contributed by atoms with Gasteiger partial charge in [-0.25, -0.2) is 14.2 Å². The molecule has 0 unspecified atom stereocenters. The SMILES string of the molecule is Cc1c(-c2cc3cc(N(C(=O)O)C4CC5(CCN(C)CC5)C4)ncc3c(N)c2F)cnc2c1NCCC2. The van der Waals surface area contributed by atoms with Crippen LogP contribution in [0.25, 0.3) is 21.9 Å². The molecule has 8 nitrogen and oxygen atoms in total. The minimum absolute atomic E-state index is 0.00688. The number of rotatable bonds is 3. The Kier molecular flexibility index (Phi) is 5.71. The van der Waals surface area contributed by atoms with Crippen LogP contribution in [0.2, 0.25) is 0 Å². The van der Waals surface area contributed by atoms with Gasteiger partial charge in [0.2, 0.25) is 0 Å². The van der Waals surface area contributed by atoms with Crippen molar-refractivity contribution in [2.45, 2.75) is 51.5 Å². The summed E-state index contributed by atoms with van der Waals surface area (Å²) < 4.78 is 15.5. The molecule has 1 aliphatic carbocycles. The number of halogens is 1. The summed E-state index contributed by atoms with van der Waals surface area (Å²) in [6, 6.07) is 3.35. The monoisotopic (exact) mass is 504 g/mol. The van der Waals surface area contributed by atoms with Gasteiger partial charge in [0.05, 0.1) is 17.1 Å². The van der Waals surface area contributed by atoms with E-state index in [9.17, 15) is 9.90 Å². The molecule has 1 saturated heterocycles. The fraction of sp³-hybridized carbons (Fsp3) is 0.464. The van der Waals surface area contributed by atoms with Crippen LogP contribution >= 0.6 is 0 Å². The number of nitrogens with two attached hydrogens (primary N) is 1. The highest BCUT2D eigenvalue weighted by atomic mass is 19.1. The maximum atomic E-state index is 15.5. The van der Waals surface area contributed by atoms with Crippen LogP contribution in [0.4, 0.5) is 26.4 Å². The summed E-state index contributed by atoms with van der Waals surface area (Å²) in [5, 5.41) is 14.6. The standard InChI is InChI=1S/C28H33FN6O2/c1-16-20(14-32-22-4-3-7-31-26(16)22)19-10-17-11-23(33-15-21(17)25(30)24(19)29)35(27(36)37)18-12-28(13-18)5-8-34(2)9-6-28/h10-11,14-15,18,31H,3-9,12-13,30H2,1-2H3,(H,36,37). The van der Waals surface area contributed by atoms with E-state index in [1.807, 2.05) is 6.92 Å². The molecule has 0 atom stereocenters. The molecule has 2 aliphatic heterocycles. The number of anilines is 3. The van der Waals surface area contributed by atoms with Gasteiger partial charge in [-0.3, -0.25) is 9.88 Å². The second-order valence-electron chi connectivity index (χ2n) is 11.1. The highest BCUT2D eigenvalue weighted by Gasteiger charge is 2.49. The van der Waals surface area contributed by atoms with Crippen molar-refractivity contribution in [2.75, 3.05) is 42.6 Å². The van der Waals surface area contributed by atoms with E-state index >= 15 is 4.39 Å². The number of nitrogens with zero attached hydrogens (tertiary/aromatic N) is 4. The summed E-state index contributed by atoms with van der Waals surface area (Å²) in [5.41, 5.74) is 10.4. The highest BCUT2D eigenvalue weighted by Crippen LogP contribution is 2.51. The Morgan fingerprint density at radius 2 is 1.97 bits per heavy atom. The topological polar surface area (TPSA) is 108 Å². The van der Waals surface area contributed by atoms with E-state index in [1.165, 1.54) is 11.1 Å². The molecule has 2 fully saturated rings.